The Morgan fingerprint density at radius 2 is 2.12 bits per heavy atom. The summed E-state index contributed by atoms with van der Waals surface area (Å²) in [6.45, 7) is 2.62. The molecule has 0 radical (unpaired) electrons. The Hall–Kier alpha value is -3.99. The third-order valence-corrected chi connectivity index (χ3v) is 6.48. The van der Waals surface area contributed by atoms with Crippen LogP contribution in [-0.4, -0.2) is 32.9 Å². The van der Waals surface area contributed by atoms with Gasteiger partial charge in [-0.05, 0) is 61.9 Å². The maximum absolute atomic E-state index is 13.1. The second-order valence-electron chi connectivity index (χ2n) is 8.74. The van der Waals surface area contributed by atoms with Gasteiger partial charge in [-0.15, -0.1) is 0 Å². The minimum Gasteiger partial charge on any atom is -0.347 e. The van der Waals surface area contributed by atoms with Crippen LogP contribution in [0.25, 0.3) is 5.69 Å². The molecule has 1 aliphatic carbocycles. The molecule has 2 fully saturated rings. The fourth-order valence-corrected chi connectivity index (χ4v) is 4.57. The number of rotatable bonds is 6. The van der Waals surface area contributed by atoms with E-state index in [1.807, 2.05) is 35.0 Å². The number of hydrogen-bond donors (Lipinski definition) is 1. The van der Waals surface area contributed by atoms with Crippen molar-refractivity contribution in [1.29, 1.82) is 5.26 Å². The van der Waals surface area contributed by atoms with Crippen molar-refractivity contribution in [3.63, 3.8) is 0 Å². The van der Waals surface area contributed by atoms with E-state index in [9.17, 15) is 14.9 Å². The van der Waals surface area contributed by atoms with E-state index in [-0.39, 0.29) is 23.4 Å². The number of nitriles is 1. The molecular formula is C25H24N6O2. The van der Waals surface area contributed by atoms with E-state index in [2.05, 4.69) is 21.4 Å². The van der Waals surface area contributed by atoms with Crippen LogP contribution in [-0.2, 0) is 11.3 Å². The molecule has 8 nitrogen and oxygen atoms in total. The van der Waals surface area contributed by atoms with Gasteiger partial charge in [-0.1, -0.05) is 12.1 Å². The van der Waals surface area contributed by atoms with E-state index in [4.69, 9.17) is 0 Å². The average molecular weight is 441 g/mol. The number of benzene rings is 1. The summed E-state index contributed by atoms with van der Waals surface area (Å²) in [6.07, 6.45) is 7.69. The first kappa shape index (κ1) is 20.9. The van der Waals surface area contributed by atoms with Gasteiger partial charge < -0.3 is 14.8 Å². The molecule has 3 aromatic rings. The predicted octanol–water partition coefficient (Wildman–Crippen LogP) is 3.16. The van der Waals surface area contributed by atoms with E-state index < -0.39 is 5.41 Å². The van der Waals surface area contributed by atoms with E-state index in [1.54, 1.807) is 36.5 Å². The van der Waals surface area contributed by atoms with Crippen LogP contribution >= 0.6 is 0 Å². The summed E-state index contributed by atoms with van der Waals surface area (Å²) in [5.41, 5.74) is 2.51. The Balaban J connectivity index is 1.31. The lowest BCUT2D eigenvalue weighted by Gasteiger charge is -2.21. The molecule has 1 N–H and O–H groups in total. The number of amides is 2. The lowest BCUT2D eigenvalue weighted by atomic mass is 9.83. The van der Waals surface area contributed by atoms with Gasteiger partial charge in [-0.3, -0.25) is 9.59 Å². The topological polar surface area (TPSA) is 104 Å². The van der Waals surface area contributed by atoms with Gasteiger partial charge in [0.15, 0.2) is 0 Å². The van der Waals surface area contributed by atoms with Crippen molar-refractivity contribution in [1.82, 2.24) is 19.9 Å². The summed E-state index contributed by atoms with van der Waals surface area (Å²) in [5.74, 6) is -0.307. The van der Waals surface area contributed by atoms with Gasteiger partial charge in [-0.2, -0.15) is 5.26 Å². The van der Waals surface area contributed by atoms with Crippen molar-refractivity contribution >= 4 is 17.5 Å². The quantitative estimate of drug-likeness (QED) is 0.634. The zero-order chi connectivity index (χ0) is 23.0. The molecule has 8 heteroatoms. The lowest BCUT2D eigenvalue weighted by molar-refractivity contribution is -0.123. The molecular weight excluding hydrogens is 416 g/mol. The number of nitrogens with zero attached hydrogens (tertiary/aromatic N) is 5. The highest BCUT2D eigenvalue weighted by Crippen LogP contribution is 2.51. The summed E-state index contributed by atoms with van der Waals surface area (Å²) >= 11 is 0. The van der Waals surface area contributed by atoms with Crippen molar-refractivity contribution < 1.29 is 9.59 Å². The minimum absolute atomic E-state index is 0.152. The second kappa shape index (κ2) is 8.17. The second-order valence-corrected chi connectivity index (χ2v) is 8.74. The fraction of sp³-hybridized carbons (Fsp3) is 0.320. The average Bonchev–Trinajstić information content (AvgIpc) is 3.41. The largest absolute Gasteiger partial charge is 0.347 e. The molecule has 5 rings (SSSR count). The highest BCUT2D eigenvalue weighted by atomic mass is 16.2. The number of aryl methyl sites for hydroxylation is 1. The zero-order valence-electron chi connectivity index (χ0n) is 18.4. The highest BCUT2D eigenvalue weighted by molar-refractivity contribution is 6.03. The Morgan fingerprint density at radius 3 is 2.85 bits per heavy atom. The number of nitrogens with one attached hydrogen (secondary N) is 1. The Morgan fingerprint density at radius 1 is 1.27 bits per heavy atom. The van der Waals surface area contributed by atoms with Gasteiger partial charge in [0, 0.05) is 42.6 Å². The van der Waals surface area contributed by atoms with Crippen LogP contribution in [0.3, 0.4) is 0 Å². The summed E-state index contributed by atoms with van der Waals surface area (Å²) in [7, 11) is 0. The third kappa shape index (κ3) is 3.87. The number of imidazole rings is 1. The maximum atomic E-state index is 13.1. The molecule has 0 unspecified atom stereocenters. The number of hydrogen-bond acceptors (Lipinski definition) is 5. The van der Waals surface area contributed by atoms with Crippen molar-refractivity contribution in [2.45, 2.75) is 32.7 Å². The Labute approximate surface area is 191 Å². The molecule has 1 atom stereocenters. The van der Waals surface area contributed by atoms with E-state index in [1.165, 1.54) is 0 Å². The molecule has 33 heavy (non-hydrogen) atoms. The van der Waals surface area contributed by atoms with E-state index >= 15 is 0 Å². The molecule has 0 spiro atoms. The standard InChI is InChI=1S/C25H24N6O2/c1-17-11-21(31-9-7-25(15-26,24(31)33)19-5-6-19)13-22(29-17)23(32)28-14-18-3-2-4-20(12-18)30-10-8-27-16-30/h2-4,8,10-13,16,19H,5-7,9,14H2,1H3,(H,28,32)/t25-/m1/s1. The molecule has 2 aliphatic rings. The van der Waals surface area contributed by atoms with Crippen molar-refractivity contribution in [3.8, 4) is 11.8 Å². The monoisotopic (exact) mass is 440 g/mol. The summed E-state index contributed by atoms with van der Waals surface area (Å²) < 4.78 is 1.90. The van der Waals surface area contributed by atoms with Crippen LogP contribution in [0.15, 0.2) is 55.1 Å². The Bertz CT molecular complexity index is 1260. The van der Waals surface area contributed by atoms with Gasteiger partial charge in [0.1, 0.15) is 11.1 Å². The van der Waals surface area contributed by atoms with Gasteiger partial charge in [-0.25, -0.2) is 9.97 Å². The lowest BCUT2D eigenvalue weighted by Crippen LogP contribution is -2.35. The van der Waals surface area contributed by atoms with Crippen molar-refractivity contribution in [2.75, 3.05) is 11.4 Å². The van der Waals surface area contributed by atoms with Crippen molar-refractivity contribution in [3.05, 3.63) is 72.1 Å². The maximum Gasteiger partial charge on any atom is 0.270 e. The normalized spacial score (nSPS) is 20.0. The van der Waals surface area contributed by atoms with E-state index in [0.717, 1.165) is 24.1 Å². The smallest absolute Gasteiger partial charge is 0.270 e. The van der Waals surface area contributed by atoms with Gasteiger partial charge in [0.25, 0.3) is 5.91 Å². The molecule has 1 aromatic carbocycles. The first-order valence-electron chi connectivity index (χ1n) is 11.1. The molecule has 0 bridgehead atoms. The number of carbonyl (C=O) groups is 2. The van der Waals surface area contributed by atoms with Gasteiger partial charge in [0.2, 0.25) is 5.91 Å². The van der Waals surface area contributed by atoms with Crippen LogP contribution < -0.4 is 10.2 Å². The number of anilines is 1. The minimum atomic E-state index is -0.917. The van der Waals surface area contributed by atoms with Crippen molar-refractivity contribution in [2.24, 2.45) is 11.3 Å². The molecule has 2 aromatic heterocycles. The van der Waals surface area contributed by atoms with E-state index in [0.29, 0.717) is 30.9 Å². The zero-order valence-corrected chi connectivity index (χ0v) is 18.4. The number of pyridine rings is 1. The highest BCUT2D eigenvalue weighted by Gasteiger charge is 2.56. The summed E-state index contributed by atoms with van der Waals surface area (Å²) in [6, 6.07) is 13.6. The number of carbonyl (C=O) groups excluding carboxylic acids is 2. The van der Waals surface area contributed by atoms with Gasteiger partial charge in [0.05, 0.1) is 12.4 Å². The molecule has 1 saturated heterocycles. The van der Waals surface area contributed by atoms with Crippen LogP contribution in [0.5, 0.6) is 0 Å². The summed E-state index contributed by atoms with van der Waals surface area (Å²) in [4.78, 5) is 36.1. The van der Waals surface area contributed by atoms with Crippen LogP contribution in [0.2, 0.25) is 0 Å². The fourth-order valence-electron chi connectivity index (χ4n) is 4.57. The summed E-state index contributed by atoms with van der Waals surface area (Å²) in [5, 5.41) is 12.7. The molecule has 166 valence electrons. The number of aromatic nitrogens is 3. The van der Waals surface area contributed by atoms with Crippen LogP contribution in [0, 0.1) is 29.6 Å². The molecule has 3 heterocycles. The predicted molar refractivity (Wildman–Crippen MR) is 121 cm³/mol. The third-order valence-electron chi connectivity index (χ3n) is 6.48. The first-order valence-corrected chi connectivity index (χ1v) is 11.1. The SMILES string of the molecule is Cc1cc(N2CC[C@@](C#N)(C3CC3)C2=O)cc(C(=O)NCc2cccc(-n3ccnc3)c2)n1. The Kier molecular flexibility index (Phi) is 5.17. The first-order chi connectivity index (χ1) is 16.0. The molecule has 1 saturated carbocycles. The molecule has 1 aliphatic heterocycles. The molecule has 2 amide bonds. The van der Waals surface area contributed by atoms with Crippen LogP contribution in [0.4, 0.5) is 5.69 Å². The van der Waals surface area contributed by atoms with Gasteiger partial charge >= 0.3 is 0 Å². The van der Waals surface area contributed by atoms with Crippen LogP contribution in [0.1, 0.15) is 41.0 Å².